The SMILES string of the molecule is CC1C(C)S(=O)CCN1C(=O)c1cc(C(=O)O)co1. The molecule has 1 aliphatic rings. The zero-order chi connectivity index (χ0) is 14.2. The van der Waals surface area contributed by atoms with Gasteiger partial charge in [-0.2, -0.15) is 0 Å². The Labute approximate surface area is 112 Å². The van der Waals surface area contributed by atoms with Crippen molar-refractivity contribution in [2.45, 2.75) is 25.1 Å². The van der Waals surface area contributed by atoms with Crippen LogP contribution in [0.25, 0.3) is 0 Å². The van der Waals surface area contributed by atoms with E-state index >= 15 is 0 Å². The minimum Gasteiger partial charge on any atom is -0.478 e. The number of carboxylic acid groups (broad SMARTS) is 1. The summed E-state index contributed by atoms with van der Waals surface area (Å²) in [6, 6.07) is 1.05. The molecule has 104 valence electrons. The van der Waals surface area contributed by atoms with Crippen LogP contribution in [-0.4, -0.2) is 49.7 Å². The summed E-state index contributed by atoms with van der Waals surface area (Å²) in [5, 5.41) is 8.69. The van der Waals surface area contributed by atoms with Gasteiger partial charge in [0.2, 0.25) is 0 Å². The van der Waals surface area contributed by atoms with Crippen LogP contribution in [0.15, 0.2) is 16.7 Å². The molecule has 1 aromatic rings. The van der Waals surface area contributed by atoms with Crippen molar-refractivity contribution in [3.05, 3.63) is 23.7 Å². The summed E-state index contributed by atoms with van der Waals surface area (Å²) >= 11 is 0. The molecule has 3 unspecified atom stereocenters. The van der Waals surface area contributed by atoms with Crippen LogP contribution < -0.4 is 0 Å². The molecule has 2 rings (SSSR count). The van der Waals surface area contributed by atoms with Crippen molar-refractivity contribution in [2.24, 2.45) is 0 Å². The number of aromatic carboxylic acids is 1. The average molecular weight is 285 g/mol. The smallest absolute Gasteiger partial charge is 0.338 e. The fraction of sp³-hybridized carbons (Fsp3) is 0.500. The van der Waals surface area contributed by atoms with Crippen LogP contribution in [0.3, 0.4) is 0 Å². The van der Waals surface area contributed by atoms with Gasteiger partial charge in [0.15, 0.2) is 5.76 Å². The number of hydrogen-bond donors (Lipinski definition) is 1. The van der Waals surface area contributed by atoms with Crippen molar-refractivity contribution in [3.63, 3.8) is 0 Å². The van der Waals surface area contributed by atoms with E-state index < -0.39 is 16.8 Å². The van der Waals surface area contributed by atoms with Gasteiger partial charge in [-0.1, -0.05) is 0 Å². The van der Waals surface area contributed by atoms with Crippen molar-refractivity contribution in [2.75, 3.05) is 12.3 Å². The third-order valence-corrected chi connectivity index (χ3v) is 5.25. The Morgan fingerprint density at radius 2 is 2.16 bits per heavy atom. The number of carbonyl (C=O) groups excluding carboxylic acids is 1. The Hall–Kier alpha value is -1.63. The first-order chi connectivity index (χ1) is 8.91. The van der Waals surface area contributed by atoms with E-state index in [2.05, 4.69) is 0 Å². The number of carboxylic acids is 1. The normalized spacial score (nSPS) is 27.3. The maximum atomic E-state index is 12.2. The second kappa shape index (κ2) is 5.16. The molecule has 0 bridgehead atoms. The monoisotopic (exact) mass is 285 g/mol. The van der Waals surface area contributed by atoms with E-state index in [0.29, 0.717) is 12.3 Å². The number of hydrogen-bond acceptors (Lipinski definition) is 4. The second-order valence-corrected chi connectivity index (χ2v) is 6.45. The third kappa shape index (κ3) is 2.56. The zero-order valence-corrected chi connectivity index (χ0v) is 11.5. The molecular weight excluding hydrogens is 270 g/mol. The molecule has 0 aromatic carbocycles. The molecule has 1 fully saturated rings. The van der Waals surface area contributed by atoms with Crippen LogP contribution in [0.1, 0.15) is 34.8 Å². The maximum absolute atomic E-state index is 12.2. The minimum atomic E-state index is -1.14. The molecule has 1 aromatic heterocycles. The van der Waals surface area contributed by atoms with Crippen molar-refractivity contribution >= 4 is 22.7 Å². The first kappa shape index (κ1) is 13.8. The largest absolute Gasteiger partial charge is 0.478 e. The van der Waals surface area contributed by atoms with E-state index in [9.17, 15) is 13.8 Å². The molecule has 0 radical (unpaired) electrons. The molecule has 1 aliphatic heterocycles. The molecule has 1 saturated heterocycles. The number of furan rings is 1. The molecule has 2 heterocycles. The van der Waals surface area contributed by atoms with Gasteiger partial charge in [-0.25, -0.2) is 4.79 Å². The van der Waals surface area contributed by atoms with Crippen molar-refractivity contribution in [3.8, 4) is 0 Å². The Kier molecular flexibility index (Phi) is 3.75. The van der Waals surface area contributed by atoms with Gasteiger partial charge in [0.1, 0.15) is 6.26 Å². The van der Waals surface area contributed by atoms with Crippen molar-refractivity contribution in [1.29, 1.82) is 0 Å². The maximum Gasteiger partial charge on any atom is 0.338 e. The second-order valence-electron chi connectivity index (χ2n) is 4.53. The zero-order valence-electron chi connectivity index (χ0n) is 10.7. The van der Waals surface area contributed by atoms with E-state index in [-0.39, 0.29) is 28.5 Å². The summed E-state index contributed by atoms with van der Waals surface area (Å²) in [6.45, 7) is 4.06. The summed E-state index contributed by atoms with van der Waals surface area (Å²) in [7, 11) is -0.929. The molecule has 1 N–H and O–H groups in total. The van der Waals surface area contributed by atoms with Gasteiger partial charge in [0, 0.05) is 35.2 Å². The lowest BCUT2D eigenvalue weighted by Crippen LogP contribution is -2.52. The highest BCUT2D eigenvalue weighted by atomic mass is 32.2. The molecule has 7 heteroatoms. The molecule has 0 aliphatic carbocycles. The summed E-state index contributed by atoms with van der Waals surface area (Å²) in [5.74, 6) is -1.05. The average Bonchev–Trinajstić information content (AvgIpc) is 2.85. The summed E-state index contributed by atoms with van der Waals surface area (Å²) in [6.07, 6.45) is 1.05. The van der Waals surface area contributed by atoms with Crippen LogP contribution in [0.4, 0.5) is 0 Å². The van der Waals surface area contributed by atoms with Gasteiger partial charge in [0.05, 0.1) is 10.8 Å². The molecule has 0 saturated carbocycles. The van der Waals surface area contributed by atoms with Crippen LogP contribution in [0.2, 0.25) is 0 Å². The Morgan fingerprint density at radius 1 is 1.47 bits per heavy atom. The molecule has 6 nitrogen and oxygen atoms in total. The van der Waals surface area contributed by atoms with Crippen LogP contribution in [0, 0.1) is 0 Å². The van der Waals surface area contributed by atoms with E-state index in [1.54, 1.807) is 4.90 Å². The fourth-order valence-corrected chi connectivity index (χ4v) is 3.37. The number of amides is 1. The Morgan fingerprint density at radius 3 is 2.74 bits per heavy atom. The fourth-order valence-electron chi connectivity index (χ4n) is 2.04. The molecule has 3 atom stereocenters. The standard InChI is InChI=1S/C12H15NO5S/c1-7-8(2)19(17)4-3-13(7)11(14)10-5-9(6-18-10)12(15)16/h5-8H,3-4H2,1-2H3,(H,15,16). The number of carbonyl (C=O) groups is 2. The van der Waals surface area contributed by atoms with Crippen LogP contribution in [-0.2, 0) is 10.8 Å². The molecule has 1 amide bonds. The van der Waals surface area contributed by atoms with Gasteiger partial charge < -0.3 is 14.4 Å². The third-order valence-electron chi connectivity index (χ3n) is 3.44. The van der Waals surface area contributed by atoms with Crippen molar-refractivity contribution in [1.82, 2.24) is 4.90 Å². The van der Waals surface area contributed by atoms with Gasteiger partial charge in [-0.15, -0.1) is 0 Å². The van der Waals surface area contributed by atoms with Gasteiger partial charge in [0.25, 0.3) is 5.91 Å². The Balaban J connectivity index is 2.19. The quantitative estimate of drug-likeness (QED) is 0.874. The lowest BCUT2D eigenvalue weighted by atomic mass is 10.2. The van der Waals surface area contributed by atoms with Gasteiger partial charge in [-0.05, 0) is 13.8 Å². The minimum absolute atomic E-state index is 0.00383. The highest BCUT2D eigenvalue weighted by Gasteiger charge is 2.34. The number of nitrogens with zero attached hydrogens (tertiary/aromatic N) is 1. The van der Waals surface area contributed by atoms with Crippen LogP contribution >= 0.6 is 0 Å². The predicted octanol–water partition coefficient (Wildman–Crippen LogP) is 0.959. The lowest BCUT2D eigenvalue weighted by molar-refractivity contribution is 0.0660. The topological polar surface area (TPSA) is 87.8 Å². The van der Waals surface area contributed by atoms with Gasteiger partial charge >= 0.3 is 5.97 Å². The van der Waals surface area contributed by atoms with E-state index in [1.807, 2.05) is 13.8 Å². The summed E-state index contributed by atoms with van der Waals surface area (Å²) in [5.41, 5.74) is -0.0513. The van der Waals surface area contributed by atoms with E-state index in [4.69, 9.17) is 9.52 Å². The van der Waals surface area contributed by atoms with Crippen molar-refractivity contribution < 1.29 is 23.3 Å². The first-order valence-electron chi connectivity index (χ1n) is 5.91. The molecule has 0 spiro atoms. The highest BCUT2D eigenvalue weighted by Crippen LogP contribution is 2.20. The summed E-state index contributed by atoms with van der Waals surface area (Å²) in [4.78, 5) is 24.6. The van der Waals surface area contributed by atoms with Gasteiger partial charge in [-0.3, -0.25) is 9.00 Å². The predicted molar refractivity (Wildman–Crippen MR) is 68.6 cm³/mol. The summed E-state index contributed by atoms with van der Waals surface area (Å²) < 4.78 is 16.7. The number of rotatable bonds is 2. The molecule has 19 heavy (non-hydrogen) atoms. The van der Waals surface area contributed by atoms with Crippen LogP contribution in [0.5, 0.6) is 0 Å². The highest BCUT2D eigenvalue weighted by molar-refractivity contribution is 7.85. The molecular formula is C12H15NO5S. The van der Waals surface area contributed by atoms with E-state index in [0.717, 1.165) is 6.26 Å². The first-order valence-corrected chi connectivity index (χ1v) is 7.30. The Bertz CT molecular complexity index is 538. The lowest BCUT2D eigenvalue weighted by Gasteiger charge is -2.36. The van der Waals surface area contributed by atoms with E-state index in [1.165, 1.54) is 6.07 Å².